The molecule has 0 aliphatic carbocycles. The first-order valence-corrected chi connectivity index (χ1v) is 7.77. The van der Waals surface area contributed by atoms with Gasteiger partial charge in [-0.15, -0.1) is 0 Å². The number of amides is 1. The number of carbonyl (C=O) groups excluding carboxylic acids is 1. The van der Waals surface area contributed by atoms with Crippen LogP contribution in [0.4, 0.5) is 5.69 Å². The summed E-state index contributed by atoms with van der Waals surface area (Å²) in [6.07, 6.45) is 0. The minimum atomic E-state index is -0.371. The van der Waals surface area contributed by atoms with Crippen LogP contribution >= 0.6 is 15.9 Å². The second kappa shape index (κ2) is 7.75. The summed E-state index contributed by atoms with van der Waals surface area (Å²) in [4.78, 5) is 12.0. The van der Waals surface area contributed by atoms with Crippen LogP contribution < -0.4 is 10.7 Å². The Kier molecular flexibility index (Phi) is 5.72. The molecule has 2 N–H and O–H groups in total. The van der Waals surface area contributed by atoms with Crippen LogP contribution in [0.5, 0.6) is 0 Å². The van der Waals surface area contributed by atoms with Gasteiger partial charge in [0.15, 0.2) is 0 Å². The van der Waals surface area contributed by atoms with Crippen LogP contribution in [0.2, 0.25) is 0 Å². The van der Waals surface area contributed by atoms with Crippen molar-refractivity contribution >= 4 is 33.2 Å². The number of anilines is 1. The number of hydrogen-bond donors (Lipinski definition) is 2. The molecule has 0 saturated heterocycles. The Morgan fingerprint density at radius 3 is 2.36 bits per heavy atom. The van der Waals surface area contributed by atoms with Gasteiger partial charge in [0.25, 0.3) is 5.91 Å². The third-order valence-corrected chi connectivity index (χ3v) is 3.67. The van der Waals surface area contributed by atoms with E-state index in [-0.39, 0.29) is 11.9 Å². The van der Waals surface area contributed by atoms with E-state index in [0.29, 0.717) is 0 Å². The van der Waals surface area contributed by atoms with Crippen LogP contribution in [-0.2, 0) is 4.79 Å². The van der Waals surface area contributed by atoms with E-state index < -0.39 is 0 Å². The minimum Gasteiger partial charge on any atom is -0.374 e. The van der Waals surface area contributed by atoms with E-state index in [0.717, 1.165) is 21.4 Å². The van der Waals surface area contributed by atoms with Gasteiger partial charge < -0.3 is 5.32 Å². The molecule has 0 aliphatic heterocycles. The molecule has 0 aliphatic rings. The number of carbonyl (C=O) groups is 1. The fourth-order valence-corrected chi connectivity index (χ4v) is 2.11. The van der Waals surface area contributed by atoms with E-state index in [1.165, 1.54) is 0 Å². The first-order chi connectivity index (χ1) is 10.6. The number of benzene rings is 2. The number of nitrogens with one attached hydrogen (secondary N) is 2. The van der Waals surface area contributed by atoms with Crippen molar-refractivity contribution in [2.24, 2.45) is 5.10 Å². The van der Waals surface area contributed by atoms with Gasteiger partial charge in [0.2, 0.25) is 0 Å². The van der Waals surface area contributed by atoms with Gasteiger partial charge in [0.05, 0.1) is 5.71 Å². The predicted molar refractivity (Wildman–Crippen MR) is 94.0 cm³/mol. The third kappa shape index (κ3) is 4.70. The highest BCUT2D eigenvalue weighted by molar-refractivity contribution is 9.10. The normalized spacial score (nSPS) is 12.6. The standard InChI is InChI=1S/C17H18BrN3O/c1-12(14-8-10-15(18)11-9-14)20-21-17(22)13(2)19-16-6-4-3-5-7-16/h3-11,13,19H,1-2H3,(H,21,22)/t13-/m0/s1. The Morgan fingerprint density at radius 2 is 1.73 bits per heavy atom. The van der Waals surface area contributed by atoms with Crippen LogP contribution in [0, 0.1) is 0 Å². The van der Waals surface area contributed by atoms with Crippen molar-refractivity contribution in [1.29, 1.82) is 0 Å². The van der Waals surface area contributed by atoms with Crippen LogP contribution in [0.25, 0.3) is 0 Å². The first kappa shape index (κ1) is 16.2. The number of rotatable bonds is 5. The molecule has 4 nitrogen and oxygen atoms in total. The van der Waals surface area contributed by atoms with Gasteiger partial charge in [0, 0.05) is 10.2 Å². The van der Waals surface area contributed by atoms with Crippen molar-refractivity contribution in [1.82, 2.24) is 5.43 Å². The topological polar surface area (TPSA) is 53.5 Å². The summed E-state index contributed by atoms with van der Waals surface area (Å²) in [5, 5.41) is 7.27. The molecule has 5 heteroatoms. The molecule has 1 amide bonds. The Bertz CT molecular complexity index is 653. The lowest BCUT2D eigenvalue weighted by Crippen LogP contribution is -2.35. The zero-order valence-electron chi connectivity index (χ0n) is 12.5. The van der Waals surface area contributed by atoms with Crippen LogP contribution in [0.1, 0.15) is 19.4 Å². The molecule has 0 radical (unpaired) electrons. The number of hydrazone groups is 1. The molecule has 0 saturated carbocycles. The summed E-state index contributed by atoms with van der Waals surface area (Å²) in [6, 6.07) is 17.0. The lowest BCUT2D eigenvalue weighted by molar-refractivity contribution is -0.121. The summed E-state index contributed by atoms with van der Waals surface area (Å²) in [5.41, 5.74) is 5.21. The average molecular weight is 360 g/mol. The molecule has 0 unspecified atom stereocenters. The number of hydrogen-bond acceptors (Lipinski definition) is 3. The maximum absolute atomic E-state index is 12.0. The quantitative estimate of drug-likeness (QED) is 0.630. The molecular formula is C17H18BrN3O. The van der Waals surface area contributed by atoms with E-state index >= 15 is 0 Å². The highest BCUT2D eigenvalue weighted by atomic mass is 79.9. The maximum Gasteiger partial charge on any atom is 0.262 e. The van der Waals surface area contributed by atoms with Gasteiger partial charge in [-0.05, 0) is 43.7 Å². The van der Waals surface area contributed by atoms with Gasteiger partial charge in [-0.1, -0.05) is 46.3 Å². The van der Waals surface area contributed by atoms with Crippen molar-refractivity contribution in [2.75, 3.05) is 5.32 Å². The minimum absolute atomic E-state index is 0.180. The van der Waals surface area contributed by atoms with Crippen molar-refractivity contribution in [3.8, 4) is 0 Å². The molecule has 2 aromatic rings. The van der Waals surface area contributed by atoms with E-state index in [2.05, 4.69) is 31.8 Å². The smallest absolute Gasteiger partial charge is 0.262 e. The zero-order valence-corrected chi connectivity index (χ0v) is 14.1. The molecule has 22 heavy (non-hydrogen) atoms. The van der Waals surface area contributed by atoms with Crippen molar-refractivity contribution in [3.63, 3.8) is 0 Å². The second-order valence-electron chi connectivity index (χ2n) is 4.91. The predicted octanol–water partition coefficient (Wildman–Crippen LogP) is 3.79. The summed E-state index contributed by atoms with van der Waals surface area (Å²) in [7, 11) is 0. The van der Waals surface area contributed by atoms with Gasteiger partial charge >= 0.3 is 0 Å². The highest BCUT2D eigenvalue weighted by Crippen LogP contribution is 2.11. The van der Waals surface area contributed by atoms with Crippen molar-refractivity contribution in [2.45, 2.75) is 19.9 Å². The molecule has 0 fully saturated rings. The molecular weight excluding hydrogens is 342 g/mol. The van der Waals surface area contributed by atoms with Crippen LogP contribution in [0.15, 0.2) is 64.2 Å². The summed E-state index contributed by atoms with van der Waals surface area (Å²) in [5.74, 6) is -0.180. The van der Waals surface area contributed by atoms with Gasteiger partial charge in [-0.2, -0.15) is 5.10 Å². The van der Waals surface area contributed by atoms with Crippen LogP contribution in [0.3, 0.4) is 0 Å². The SMILES string of the molecule is CC(=NNC(=O)[C@H](C)Nc1ccccc1)c1ccc(Br)cc1. The Morgan fingerprint density at radius 1 is 1.09 bits per heavy atom. The second-order valence-corrected chi connectivity index (χ2v) is 5.83. The Hall–Kier alpha value is -2.14. The fourth-order valence-electron chi connectivity index (χ4n) is 1.84. The highest BCUT2D eigenvalue weighted by Gasteiger charge is 2.11. The number of halogens is 1. The maximum atomic E-state index is 12.0. The first-order valence-electron chi connectivity index (χ1n) is 6.98. The van der Waals surface area contributed by atoms with Gasteiger partial charge in [-0.25, -0.2) is 5.43 Å². The average Bonchev–Trinajstić information content (AvgIpc) is 2.53. The van der Waals surface area contributed by atoms with Gasteiger partial charge in [-0.3, -0.25) is 4.79 Å². The largest absolute Gasteiger partial charge is 0.374 e. The zero-order chi connectivity index (χ0) is 15.9. The van der Waals surface area contributed by atoms with Gasteiger partial charge in [0.1, 0.15) is 6.04 Å². The van der Waals surface area contributed by atoms with Crippen LogP contribution in [-0.4, -0.2) is 17.7 Å². The monoisotopic (exact) mass is 359 g/mol. The third-order valence-electron chi connectivity index (χ3n) is 3.15. The van der Waals surface area contributed by atoms with E-state index in [1.54, 1.807) is 6.92 Å². The lowest BCUT2D eigenvalue weighted by Gasteiger charge is -2.13. The molecule has 0 spiro atoms. The van der Waals surface area contributed by atoms with E-state index in [1.807, 2.05) is 61.5 Å². The Balaban J connectivity index is 1.93. The van der Waals surface area contributed by atoms with Crippen molar-refractivity contribution < 1.29 is 4.79 Å². The van der Waals surface area contributed by atoms with E-state index in [4.69, 9.17) is 0 Å². The molecule has 0 aromatic heterocycles. The fraction of sp³-hybridized carbons (Fsp3) is 0.176. The number of para-hydroxylation sites is 1. The molecule has 0 bridgehead atoms. The molecule has 114 valence electrons. The summed E-state index contributed by atoms with van der Waals surface area (Å²) in [6.45, 7) is 3.66. The molecule has 2 aromatic carbocycles. The summed E-state index contributed by atoms with van der Waals surface area (Å²) >= 11 is 3.39. The molecule has 2 rings (SSSR count). The van der Waals surface area contributed by atoms with Crippen molar-refractivity contribution in [3.05, 3.63) is 64.6 Å². The summed E-state index contributed by atoms with van der Waals surface area (Å²) < 4.78 is 1.01. The molecule has 1 atom stereocenters. The number of nitrogens with zero attached hydrogens (tertiary/aromatic N) is 1. The molecule has 0 heterocycles. The Labute approximate surface area is 138 Å². The lowest BCUT2D eigenvalue weighted by atomic mass is 10.1. The van der Waals surface area contributed by atoms with E-state index in [9.17, 15) is 4.79 Å².